The Morgan fingerprint density at radius 2 is 1.07 bits per heavy atom. The Balaban J connectivity index is 6.08. The van der Waals surface area contributed by atoms with Crippen molar-refractivity contribution >= 4 is 29.8 Å². The van der Waals surface area contributed by atoms with Crippen molar-refractivity contribution in [2.45, 2.75) is 52.9 Å². The lowest BCUT2D eigenvalue weighted by molar-refractivity contribution is -0.191. The summed E-state index contributed by atoms with van der Waals surface area (Å²) >= 11 is 0. The van der Waals surface area contributed by atoms with Crippen molar-refractivity contribution < 1.29 is 52.4 Å². The summed E-state index contributed by atoms with van der Waals surface area (Å²) in [4.78, 5) is 57.0. The first-order chi connectivity index (χ1) is 14.0. The number of rotatable bonds is 12. The number of ether oxygens (including phenoxy) is 6. The maximum Gasteiger partial charge on any atom is 0.303 e. The van der Waals surface area contributed by atoms with Crippen LogP contribution in [-0.4, -0.2) is 68.0 Å². The molecule has 0 amide bonds. The zero-order valence-electron chi connectivity index (χ0n) is 17.4. The fourth-order valence-electron chi connectivity index (χ4n) is 2.32. The van der Waals surface area contributed by atoms with Crippen LogP contribution in [0.4, 0.5) is 0 Å². The van der Waals surface area contributed by atoms with Crippen molar-refractivity contribution in [1.29, 1.82) is 5.26 Å². The molecule has 0 rings (SSSR count). The third-order valence-electron chi connectivity index (χ3n) is 3.42. The Bertz CT molecular complexity index is 652. The van der Waals surface area contributed by atoms with E-state index in [1.165, 1.54) is 6.26 Å². The van der Waals surface area contributed by atoms with Gasteiger partial charge in [0.2, 0.25) is 0 Å². The fraction of sp³-hybridized carbons (Fsp3) is 0.667. The van der Waals surface area contributed by atoms with Gasteiger partial charge in [-0.05, 0) is 0 Å². The van der Waals surface area contributed by atoms with E-state index in [9.17, 15) is 24.0 Å². The molecule has 0 fully saturated rings. The second kappa shape index (κ2) is 13.8. The van der Waals surface area contributed by atoms with Crippen molar-refractivity contribution in [2.24, 2.45) is 5.92 Å². The van der Waals surface area contributed by atoms with E-state index in [0.717, 1.165) is 34.6 Å². The molecule has 12 heteroatoms. The first kappa shape index (κ1) is 26.6. The average molecular weight is 431 g/mol. The maximum absolute atomic E-state index is 11.7. The SMILES string of the molecule is CC(=O)OCC(COC(C)=O)[C@@H](OC(C)=O)[C@H](OC(C)=O)[C@H](COC(C)=O)OC#N. The molecule has 168 valence electrons. The van der Waals surface area contributed by atoms with E-state index < -0.39 is 60.7 Å². The highest BCUT2D eigenvalue weighted by atomic mass is 16.6. The molecule has 0 aromatic carbocycles. The predicted octanol–water partition coefficient (Wildman–Crippen LogP) is 0.0216. The molecule has 0 radical (unpaired) electrons. The molecular formula is C18H25NO11. The first-order valence-electron chi connectivity index (χ1n) is 8.77. The number of nitriles is 1. The number of carbonyl (C=O) groups is 5. The highest BCUT2D eigenvalue weighted by molar-refractivity contribution is 5.68. The highest BCUT2D eigenvalue weighted by Gasteiger charge is 2.43. The quantitative estimate of drug-likeness (QED) is 0.231. The lowest BCUT2D eigenvalue weighted by Crippen LogP contribution is -2.51. The summed E-state index contributed by atoms with van der Waals surface area (Å²) in [6.07, 6.45) is -2.83. The van der Waals surface area contributed by atoms with Crippen LogP contribution >= 0.6 is 0 Å². The molecule has 0 aliphatic rings. The van der Waals surface area contributed by atoms with Crippen LogP contribution in [0.3, 0.4) is 0 Å². The predicted molar refractivity (Wildman–Crippen MR) is 95.0 cm³/mol. The molecule has 0 aromatic heterocycles. The summed E-state index contributed by atoms with van der Waals surface area (Å²) in [6, 6.07) is 0. The molecule has 0 saturated heterocycles. The van der Waals surface area contributed by atoms with Crippen LogP contribution in [0.1, 0.15) is 34.6 Å². The van der Waals surface area contributed by atoms with E-state index in [1.807, 2.05) is 0 Å². The maximum atomic E-state index is 11.7. The minimum atomic E-state index is -1.47. The van der Waals surface area contributed by atoms with Gasteiger partial charge in [0, 0.05) is 34.6 Å². The van der Waals surface area contributed by atoms with Crippen molar-refractivity contribution in [3.8, 4) is 6.26 Å². The molecule has 0 unspecified atom stereocenters. The lowest BCUT2D eigenvalue weighted by atomic mass is 9.95. The molecule has 0 saturated carbocycles. The van der Waals surface area contributed by atoms with Crippen LogP contribution in [0.2, 0.25) is 0 Å². The van der Waals surface area contributed by atoms with Gasteiger partial charge in [-0.2, -0.15) is 5.26 Å². The first-order valence-corrected chi connectivity index (χ1v) is 8.77. The van der Waals surface area contributed by atoms with Gasteiger partial charge in [0.05, 0.1) is 5.92 Å². The molecule has 30 heavy (non-hydrogen) atoms. The number of esters is 5. The molecule has 0 heterocycles. The lowest BCUT2D eigenvalue weighted by Gasteiger charge is -2.34. The number of hydrogen-bond acceptors (Lipinski definition) is 12. The van der Waals surface area contributed by atoms with Gasteiger partial charge in [-0.25, -0.2) is 0 Å². The largest absolute Gasteiger partial charge is 0.465 e. The molecule has 0 N–H and O–H groups in total. The molecule has 12 nitrogen and oxygen atoms in total. The fourth-order valence-corrected chi connectivity index (χ4v) is 2.32. The molecule has 3 atom stereocenters. The summed E-state index contributed by atoms with van der Waals surface area (Å²) in [6.45, 7) is 4.21. The van der Waals surface area contributed by atoms with Crippen LogP contribution < -0.4 is 0 Å². The Hall–Kier alpha value is -3.36. The molecule has 0 aliphatic heterocycles. The van der Waals surface area contributed by atoms with Crippen LogP contribution in [0.5, 0.6) is 0 Å². The van der Waals surface area contributed by atoms with Crippen molar-refractivity contribution in [2.75, 3.05) is 19.8 Å². The van der Waals surface area contributed by atoms with E-state index in [-0.39, 0.29) is 13.2 Å². The van der Waals surface area contributed by atoms with Crippen LogP contribution in [0.25, 0.3) is 0 Å². The van der Waals surface area contributed by atoms with E-state index in [1.54, 1.807) is 0 Å². The average Bonchev–Trinajstić information content (AvgIpc) is 2.61. The molecule has 0 spiro atoms. The van der Waals surface area contributed by atoms with Gasteiger partial charge in [-0.1, -0.05) is 0 Å². The normalized spacial score (nSPS) is 13.1. The van der Waals surface area contributed by atoms with E-state index >= 15 is 0 Å². The van der Waals surface area contributed by atoms with Crippen molar-refractivity contribution in [3.63, 3.8) is 0 Å². The van der Waals surface area contributed by atoms with E-state index in [2.05, 4.69) is 0 Å². The Labute approximate surface area is 173 Å². The summed E-state index contributed by atoms with van der Waals surface area (Å²) in [5, 5.41) is 8.94. The van der Waals surface area contributed by atoms with Gasteiger partial charge in [-0.3, -0.25) is 24.0 Å². The van der Waals surface area contributed by atoms with Gasteiger partial charge in [-0.15, -0.1) is 0 Å². The van der Waals surface area contributed by atoms with Gasteiger partial charge in [0.15, 0.2) is 18.3 Å². The molecule has 0 bridgehead atoms. The monoisotopic (exact) mass is 431 g/mol. The second-order valence-electron chi connectivity index (χ2n) is 6.06. The summed E-state index contributed by atoms with van der Waals surface area (Å²) in [7, 11) is 0. The van der Waals surface area contributed by atoms with Gasteiger partial charge in [0.25, 0.3) is 6.26 Å². The Kier molecular flexibility index (Phi) is 12.2. The van der Waals surface area contributed by atoms with Gasteiger partial charge < -0.3 is 28.4 Å². The van der Waals surface area contributed by atoms with Gasteiger partial charge >= 0.3 is 29.8 Å². The molecular weight excluding hydrogens is 406 g/mol. The standard InChI is InChI=1S/C18H25NO11/c1-10(20)25-6-15(7-26-11(2)21)17(29-13(4)23)18(30-14(5)24)16(28-9-19)8-27-12(3)22/h15-18H,6-8H2,1-5H3/t16-,17+,18+/m0/s1. The summed E-state index contributed by atoms with van der Waals surface area (Å²) in [5.74, 6) is -4.69. The minimum absolute atomic E-state index is 0.384. The van der Waals surface area contributed by atoms with Crippen molar-refractivity contribution in [3.05, 3.63) is 0 Å². The smallest absolute Gasteiger partial charge is 0.303 e. The second-order valence-corrected chi connectivity index (χ2v) is 6.06. The summed E-state index contributed by atoms with van der Waals surface area (Å²) in [5.41, 5.74) is 0. The molecule has 0 aromatic rings. The van der Waals surface area contributed by atoms with Crippen LogP contribution in [-0.2, 0) is 52.4 Å². The van der Waals surface area contributed by atoms with Crippen molar-refractivity contribution in [1.82, 2.24) is 0 Å². The van der Waals surface area contributed by atoms with Crippen LogP contribution in [0.15, 0.2) is 0 Å². The number of nitrogens with zero attached hydrogens (tertiary/aromatic N) is 1. The highest BCUT2D eigenvalue weighted by Crippen LogP contribution is 2.22. The molecule has 0 aliphatic carbocycles. The Morgan fingerprint density at radius 3 is 1.43 bits per heavy atom. The summed E-state index contributed by atoms with van der Waals surface area (Å²) < 4.78 is 30.0. The van der Waals surface area contributed by atoms with Gasteiger partial charge in [0.1, 0.15) is 19.8 Å². The number of carbonyl (C=O) groups excluding carboxylic acids is 5. The third kappa shape index (κ3) is 11.5. The zero-order valence-corrected chi connectivity index (χ0v) is 17.4. The van der Waals surface area contributed by atoms with Crippen LogP contribution in [0, 0.1) is 17.4 Å². The third-order valence-corrected chi connectivity index (χ3v) is 3.42. The topological polar surface area (TPSA) is 165 Å². The number of hydrogen-bond donors (Lipinski definition) is 0. The Morgan fingerprint density at radius 1 is 0.667 bits per heavy atom. The zero-order chi connectivity index (χ0) is 23.3. The minimum Gasteiger partial charge on any atom is -0.465 e. The van der Waals surface area contributed by atoms with E-state index in [4.69, 9.17) is 33.7 Å². The van der Waals surface area contributed by atoms with E-state index in [0.29, 0.717) is 0 Å².